The van der Waals surface area contributed by atoms with Crippen LogP contribution in [0.1, 0.15) is 0 Å². The lowest BCUT2D eigenvalue weighted by Gasteiger charge is -2.28. The van der Waals surface area contributed by atoms with Gasteiger partial charge in [0.25, 0.3) is 0 Å². The number of hydrogen-bond donors (Lipinski definition) is 4. The van der Waals surface area contributed by atoms with Gasteiger partial charge in [-0.15, -0.1) is 10.8 Å². The fourth-order valence-corrected chi connectivity index (χ4v) is 2.16. The second-order valence-electron chi connectivity index (χ2n) is 3.20. The van der Waals surface area contributed by atoms with Crippen molar-refractivity contribution in [1.82, 2.24) is 9.97 Å². The third-order valence-corrected chi connectivity index (χ3v) is 2.84. The van der Waals surface area contributed by atoms with Gasteiger partial charge in [0.1, 0.15) is 4.60 Å². The number of aromatic nitrogens is 2. The minimum Gasteiger partial charge on any atom is -0.282 e. The zero-order chi connectivity index (χ0) is 13.3. The van der Waals surface area contributed by atoms with Crippen LogP contribution in [-0.2, 0) is 10.0 Å². The first-order chi connectivity index (χ1) is 7.57. The van der Waals surface area contributed by atoms with Gasteiger partial charge in [-0.25, -0.2) is 18.4 Å². The predicted octanol–water partition coefficient (Wildman–Crippen LogP) is 1.43. The molecule has 0 aliphatic carbocycles. The molecule has 1 aromatic heterocycles. The molecule has 0 radical (unpaired) electrons. The quantitative estimate of drug-likeness (QED) is 0.622. The van der Waals surface area contributed by atoms with Gasteiger partial charge >= 0.3 is 0 Å². The lowest BCUT2D eigenvalue weighted by Crippen LogP contribution is -2.16. The molecule has 0 aromatic carbocycles. The molecular weight excluding hydrogens is 368 g/mol. The van der Waals surface area contributed by atoms with Gasteiger partial charge in [-0.3, -0.25) is 18.5 Å². The van der Waals surface area contributed by atoms with E-state index in [4.69, 9.17) is 0 Å². The standard InChI is InChI=1S/C6H11BrN4O4S2.H2S/c1-16(12,13)10-5-6(11-17(2,14)15)9-4(7)3-8-5;/h3,12-13H,1-2H3,(H,8,10)(H,9,11);1H2. The van der Waals surface area contributed by atoms with E-state index >= 15 is 0 Å². The summed E-state index contributed by atoms with van der Waals surface area (Å²) in [5.41, 5.74) is 0. The van der Waals surface area contributed by atoms with E-state index in [9.17, 15) is 17.5 Å². The number of rotatable bonds is 4. The van der Waals surface area contributed by atoms with Crippen molar-refractivity contribution >= 4 is 61.9 Å². The van der Waals surface area contributed by atoms with Gasteiger partial charge in [0, 0.05) is 6.26 Å². The molecule has 1 heterocycles. The van der Waals surface area contributed by atoms with Crippen LogP contribution >= 0.6 is 40.2 Å². The topological polar surface area (TPSA) is 124 Å². The van der Waals surface area contributed by atoms with Gasteiger partial charge in [0.15, 0.2) is 11.6 Å². The highest BCUT2D eigenvalue weighted by molar-refractivity contribution is 9.10. The minimum atomic E-state index is -3.54. The van der Waals surface area contributed by atoms with Crippen LogP contribution in [0.2, 0.25) is 0 Å². The Morgan fingerprint density at radius 1 is 1.22 bits per heavy atom. The Labute approximate surface area is 122 Å². The summed E-state index contributed by atoms with van der Waals surface area (Å²) in [4.78, 5) is 7.64. The molecule has 0 bridgehead atoms. The summed E-state index contributed by atoms with van der Waals surface area (Å²) in [6.07, 6.45) is 3.38. The van der Waals surface area contributed by atoms with Crippen molar-refractivity contribution in [2.75, 3.05) is 22.0 Å². The van der Waals surface area contributed by atoms with Crippen LogP contribution in [0, 0.1) is 0 Å². The molecule has 8 nitrogen and oxygen atoms in total. The number of halogens is 1. The molecule has 0 atom stereocenters. The molecule has 18 heavy (non-hydrogen) atoms. The van der Waals surface area contributed by atoms with Gasteiger partial charge in [0.05, 0.1) is 12.5 Å². The van der Waals surface area contributed by atoms with E-state index in [1.807, 2.05) is 0 Å². The summed E-state index contributed by atoms with van der Waals surface area (Å²) in [5, 5.41) is 0. The fraction of sp³-hybridized carbons (Fsp3) is 0.333. The fourth-order valence-electron chi connectivity index (χ4n) is 0.872. The molecule has 0 spiro atoms. The molecular formula is C6H13BrN4O4S3. The molecule has 12 heteroatoms. The summed E-state index contributed by atoms with van der Waals surface area (Å²) < 4.78 is 45.3. The first-order valence-electron chi connectivity index (χ1n) is 4.08. The maximum absolute atomic E-state index is 11.1. The lowest BCUT2D eigenvalue weighted by atomic mass is 10.6. The lowest BCUT2D eigenvalue weighted by molar-refractivity contribution is 0.502. The van der Waals surface area contributed by atoms with Gasteiger partial charge < -0.3 is 0 Å². The molecule has 0 aliphatic heterocycles. The highest BCUT2D eigenvalue weighted by Crippen LogP contribution is 2.36. The molecule has 0 saturated carbocycles. The van der Waals surface area contributed by atoms with E-state index in [-0.39, 0.29) is 25.1 Å². The van der Waals surface area contributed by atoms with Crippen molar-refractivity contribution < 1.29 is 17.5 Å². The Balaban J connectivity index is 0.00000289. The van der Waals surface area contributed by atoms with Crippen LogP contribution in [0.4, 0.5) is 11.6 Å². The molecule has 4 N–H and O–H groups in total. The third-order valence-electron chi connectivity index (χ3n) is 1.32. The summed E-state index contributed by atoms with van der Waals surface area (Å²) in [6.45, 7) is 0. The smallest absolute Gasteiger partial charge is 0.231 e. The molecule has 0 saturated heterocycles. The highest BCUT2D eigenvalue weighted by atomic mass is 79.9. The zero-order valence-corrected chi connectivity index (χ0v) is 13.6. The number of sulfonamides is 1. The largest absolute Gasteiger partial charge is 0.282 e. The van der Waals surface area contributed by atoms with Crippen LogP contribution < -0.4 is 9.44 Å². The first kappa shape index (κ1) is 17.7. The Bertz CT molecular complexity index is 518. The van der Waals surface area contributed by atoms with E-state index in [1.165, 1.54) is 6.20 Å². The van der Waals surface area contributed by atoms with E-state index in [0.29, 0.717) is 4.60 Å². The van der Waals surface area contributed by atoms with Crippen LogP contribution in [0.15, 0.2) is 10.8 Å². The second-order valence-corrected chi connectivity index (χ2v) is 7.63. The Kier molecular flexibility index (Phi) is 6.16. The van der Waals surface area contributed by atoms with Crippen LogP contribution in [0.3, 0.4) is 0 Å². The first-order valence-corrected chi connectivity index (χ1v) is 8.72. The van der Waals surface area contributed by atoms with Crippen molar-refractivity contribution in [3.63, 3.8) is 0 Å². The van der Waals surface area contributed by atoms with Crippen molar-refractivity contribution in [3.8, 4) is 0 Å². The number of anilines is 2. The third kappa shape index (κ3) is 6.61. The van der Waals surface area contributed by atoms with Crippen molar-refractivity contribution in [3.05, 3.63) is 10.8 Å². The van der Waals surface area contributed by atoms with Gasteiger partial charge in [-0.1, -0.05) is 0 Å². The Morgan fingerprint density at radius 3 is 2.22 bits per heavy atom. The van der Waals surface area contributed by atoms with E-state index in [0.717, 1.165) is 12.5 Å². The molecule has 1 rings (SSSR count). The van der Waals surface area contributed by atoms with Crippen LogP contribution in [0.25, 0.3) is 0 Å². The van der Waals surface area contributed by atoms with Crippen LogP contribution in [0.5, 0.6) is 0 Å². The van der Waals surface area contributed by atoms with Gasteiger partial charge in [-0.05, 0) is 15.9 Å². The number of hydrogen-bond acceptors (Lipinski definition) is 7. The van der Waals surface area contributed by atoms with Gasteiger partial charge in [-0.2, -0.15) is 13.5 Å². The summed E-state index contributed by atoms with van der Waals surface area (Å²) in [5.74, 6) is -0.190. The molecule has 0 unspecified atom stereocenters. The maximum atomic E-state index is 11.1. The Morgan fingerprint density at radius 2 is 1.78 bits per heavy atom. The maximum Gasteiger partial charge on any atom is 0.231 e. The zero-order valence-electron chi connectivity index (χ0n) is 9.38. The Hall–Kier alpha value is -0.270. The summed E-state index contributed by atoms with van der Waals surface area (Å²) in [6, 6.07) is 0. The molecule has 1 aromatic rings. The SMILES string of the molecule is CS(O)(O)Nc1ncc(Br)nc1NS(C)(=O)=O.S. The average molecular weight is 381 g/mol. The number of nitrogens with zero attached hydrogens (tertiary/aromatic N) is 2. The monoisotopic (exact) mass is 380 g/mol. The molecule has 0 amide bonds. The molecule has 0 fully saturated rings. The highest BCUT2D eigenvalue weighted by Gasteiger charge is 2.14. The molecule has 0 aliphatic rings. The second kappa shape index (κ2) is 6.25. The van der Waals surface area contributed by atoms with Crippen molar-refractivity contribution in [2.24, 2.45) is 0 Å². The number of nitrogens with one attached hydrogen (secondary N) is 2. The predicted molar refractivity (Wildman–Crippen MR) is 81.0 cm³/mol. The van der Waals surface area contributed by atoms with E-state index < -0.39 is 20.8 Å². The van der Waals surface area contributed by atoms with E-state index in [2.05, 4.69) is 35.3 Å². The summed E-state index contributed by atoms with van der Waals surface area (Å²) in [7, 11) is -6.61. The summed E-state index contributed by atoms with van der Waals surface area (Å²) >= 11 is 3.03. The van der Waals surface area contributed by atoms with E-state index in [1.54, 1.807) is 0 Å². The molecule has 106 valence electrons. The van der Waals surface area contributed by atoms with Crippen LogP contribution in [-0.4, -0.2) is 40.0 Å². The van der Waals surface area contributed by atoms with Gasteiger partial charge in [0.2, 0.25) is 10.0 Å². The normalized spacial score (nSPS) is 12.5. The minimum absolute atomic E-state index is 0. The van der Waals surface area contributed by atoms with Crippen molar-refractivity contribution in [1.29, 1.82) is 0 Å². The van der Waals surface area contributed by atoms with Crippen molar-refractivity contribution in [2.45, 2.75) is 0 Å². The average Bonchev–Trinajstić information content (AvgIpc) is 2.05.